The fraction of sp³-hybridized carbons (Fsp3) is 0.450. The largest absolute Gasteiger partial charge is 0.424 e. The second kappa shape index (κ2) is 6.27. The first kappa shape index (κ1) is 15.6. The van der Waals surface area contributed by atoms with Gasteiger partial charge in [-0.3, -0.25) is 4.79 Å². The zero-order valence-corrected chi connectivity index (χ0v) is 14.6. The molecular weight excluding hydrogens is 328 g/mol. The lowest BCUT2D eigenvalue weighted by Crippen LogP contribution is -2.33. The Morgan fingerprint density at radius 2 is 1.96 bits per heavy atom. The SMILES string of the molecule is O=c1cc2c(nn1C1CCC(Nc3nc4ccccc4o3)CC1)CCC2. The number of rotatable bonds is 3. The minimum Gasteiger partial charge on any atom is -0.424 e. The quantitative estimate of drug-likeness (QED) is 0.783. The van der Waals surface area contributed by atoms with E-state index in [1.54, 1.807) is 10.7 Å². The monoisotopic (exact) mass is 350 g/mol. The molecule has 1 N–H and O–H groups in total. The summed E-state index contributed by atoms with van der Waals surface area (Å²) in [4.78, 5) is 16.9. The van der Waals surface area contributed by atoms with Gasteiger partial charge in [0.15, 0.2) is 5.58 Å². The highest BCUT2D eigenvalue weighted by Gasteiger charge is 2.26. The Kier molecular flexibility index (Phi) is 3.76. The smallest absolute Gasteiger partial charge is 0.295 e. The summed E-state index contributed by atoms with van der Waals surface area (Å²) < 4.78 is 7.50. The van der Waals surface area contributed by atoms with Gasteiger partial charge in [-0.05, 0) is 62.6 Å². The molecule has 5 rings (SSSR count). The van der Waals surface area contributed by atoms with Gasteiger partial charge in [-0.15, -0.1) is 0 Å². The van der Waals surface area contributed by atoms with E-state index in [2.05, 4.69) is 15.4 Å². The molecule has 2 aliphatic carbocycles. The first-order valence-electron chi connectivity index (χ1n) is 9.50. The molecule has 6 heteroatoms. The second-order valence-electron chi connectivity index (χ2n) is 7.39. The lowest BCUT2D eigenvalue weighted by molar-refractivity contribution is 0.300. The molecular formula is C20H22N4O2. The second-order valence-corrected chi connectivity index (χ2v) is 7.39. The van der Waals surface area contributed by atoms with Gasteiger partial charge in [-0.2, -0.15) is 10.1 Å². The number of aromatic nitrogens is 3. The van der Waals surface area contributed by atoms with E-state index in [1.165, 1.54) is 0 Å². The van der Waals surface area contributed by atoms with Gasteiger partial charge in [0.25, 0.3) is 11.6 Å². The molecule has 3 aromatic rings. The minimum atomic E-state index is 0.0565. The van der Waals surface area contributed by atoms with E-state index >= 15 is 0 Å². The fourth-order valence-electron chi connectivity index (χ4n) is 4.25. The van der Waals surface area contributed by atoms with Crippen LogP contribution in [0.15, 0.2) is 39.5 Å². The maximum Gasteiger partial charge on any atom is 0.295 e. The highest BCUT2D eigenvalue weighted by molar-refractivity contribution is 5.74. The van der Waals surface area contributed by atoms with E-state index in [1.807, 2.05) is 24.3 Å². The Morgan fingerprint density at radius 1 is 1.12 bits per heavy atom. The summed E-state index contributed by atoms with van der Waals surface area (Å²) in [6, 6.07) is 10.7. The molecule has 2 aliphatic rings. The van der Waals surface area contributed by atoms with Crippen LogP contribution in [0.4, 0.5) is 6.01 Å². The summed E-state index contributed by atoms with van der Waals surface area (Å²) in [5, 5.41) is 8.08. The van der Waals surface area contributed by atoms with E-state index in [9.17, 15) is 4.79 Å². The molecule has 0 spiro atoms. The number of hydrogen-bond donors (Lipinski definition) is 1. The van der Waals surface area contributed by atoms with E-state index in [0.29, 0.717) is 12.1 Å². The van der Waals surface area contributed by atoms with Crippen LogP contribution < -0.4 is 10.9 Å². The predicted octanol–water partition coefficient (Wildman–Crippen LogP) is 3.47. The van der Waals surface area contributed by atoms with Crippen LogP contribution >= 0.6 is 0 Å². The van der Waals surface area contributed by atoms with Crippen LogP contribution in [-0.2, 0) is 12.8 Å². The molecule has 0 atom stereocenters. The van der Waals surface area contributed by atoms with Crippen LogP contribution in [0.25, 0.3) is 11.1 Å². The van der Waals surface area contributed by atoms with Crippen molar-refractivity contribution in [2.75, 3.05) is 5.32 Å². The zero-order chi connectivity index (χ0) is 17.5. The summed E-state index contributed by atoms with van der Waals surface area (Å²) in [5.41, 5.74) is 4.00. The Bertz CT molecular complexity index is 965. The molecule has 0 amide bonds. The molecule has 0 unspecified atom stereocenters. The van der Waals surface area contributed by atoms with Crippen molar-refractivity contribution in [1.82, 2.24) is 14.8 Å². The number of benzene rings is 1. The van der Waals surface area contributed by atoms with Crippen molar-refractivity contribution < 1.29 is 4.42 Å². The van der Waals surface area contributed by atoms with E-state index in [4.69, 9.17) is 4.42 Å². The van der Waals surface area contributed by atoms with Crippen LogP contribution in [0, 0.1) is 0 Å². The van der Waals surface area contributed by atoms with Crippen LogP contribution in [0.1, 0.15) is 49.4 Å². The maximum absolute atomic E-state index is 12.4. The van der Waals surface area contributed by atoms with E-state index in [-0.39, 0.29) is 11.6 Å². The molecule has 2 aromatic heterocycles. The molecule has 0 aliphatic heterocycles. The fourth-order valence-corrected chi connectivity index (χ4v) is 4.25. The molecule has 0 bridgehead atoms. The van der Waals surface area contributed by atoms with Crippen molar-refractivity contribution in [3.63, 3.8) is 0 Å². The average Bonchev–Trinajstić information content (AvgIpc) is 3.27. The molecule has 1 fully saturated rings. The molecule has 2 heterocycles. The summed E-state index contributed by atoms with van der Waals surface area (Å²) >= 11 is 0. The molecule has 0 radical (unpaired) electrons. The van der Waals surface area contributed by atoms with Gasteiger partial charge in [0, 0.05) is 12.1 Å². The molecule has 1 aromatic carbocycles. The third kappa shape index (κ3) is 2.79. The van der Waals surface area contributed by atoms with Crippen LogP contribution in [0.2, 0.25) is 0 Å². The Labute approximate surface area is 151 Å². The van der Waals surface area contributed by atoms with Gasteiger partial charge in [0.05, 0.1) is 11.7 Å². The summed E-state index contributed by atoms with van der Waals surface area (Å²) in [6.45, 7) is 0. The van der Waals surface area contributed by atoms with E-state index < -0.39 is 0 Å². The van der Waals surface area contributed by atoms with Gasteiger partial charge < -0.3 is 9.73 Å². The molecule has 1 saturated carbocycles. The van der Waals surface area contributed by atoms with Gasteiger partial charge in [-0.1, -0.05) is 12.1 Å². The highest BCUT2D eigenvalue weighted by Crippen LogP contribution is 2.30. The van der Waals surface area contributed by atoms with Crippen molar-refractivity contribution >= 4 is 17.1 Å². The standard InChI is InChI=1S/C20H22N4O2/c25-19-12-13-4-3-6-16(13)23-24(19)15-10-8-14(9-11-15)21-20-22-17-5-1-2-7-18(17)26-20/h1-2,5,7,12,14-15H,3-4,6,8-11H2,(H,21,22). The molecule has 26 heavy (non-hydrogen) atoms. The van der Waals surface area contributed by atoms with Crippen LogP contribution in [0.3, 0.4) is 0 Å². The van der Waals surface area contributed by atoms with Gasteiger partial charge in [0.1, 0.15) is 5.52 Å². The topological polar surface area (TPSA) is 73.0 Å². The van der Waals surface area contributed by atoms with Crippen LogP contribution in [0.5, 0.6) is 0 Å². The predicted molar refractivity (Wildman–Crippen MR) is 99.4 cm³/mol. The molecule has 0 saturated heterocycles. The number of anilines is 1. The lowest BCUT2D eigenvalue weighted by Gasteiger charge is -2.29. The minimum absolute atomic E-state index is 0.0565. The first-order chi connectivity index (χ1) is 12.8. The first-order valence-corrected chi connectivity index (χ1v) is 9.50. The van der Waals surface area contributed by atoms with Gasteiger partial charge >= 0.3 is 0 Å². The molecule has 6 nitrogen and oxygen atoms in total. The Hall–Kier alpha value is -2.63. The number of nitrogens with zero attached hydrogens (tertiary/aromatic N) is 3. The molecule has 134 valence electrons. The number of para-hydroxylation sites is 2. The van der Waals surface area contributed by atoms with Crippen molar-refractivity contribution in [3.8, 4) is 0 Å². The normalized spacial score (nSPS) is 22.5. The highest BCUT2D eigenvalue weighted by atomic mass is 16.4. The van der Waals surface area contributed by atoms with Crippen molar-refractivity contribution in [1.29, 1.82) is 0 Å². The van der Waals surface area contributed by atoms with Crippen LogP contribution in [-0.4, -0.2) is 20.8 Å². The third-order valence-corrected chi connectivity index (χ3v) is 5.65. The van der Waals surface area contributed by atoms with Gasteiger partial charge in [-0.25, -0.2) is 4.68 Å². The Balaban J connectivity index is 1.27. The number of aryl methyl sites for hydroxylation is 2. The maximum atomic E-state index is 12.4. The summed E-state index contributed by atoms with van der Waals surface area (Å²) in [6.07, 6.45) is 6.98. The number of nitrogens with one attached hydrogen (secondary N) is 1. The summed E-state index contributed by atoms with van der Waals surface area (Å²) in [5.74, 6) is 0. The van der Waals surface area contributed by atoms with Crippen molar-refractivity contribution in [2.24, 2.45) is 0 Å². The number of hydrogen-bond acceptors (Lipinski definition) is 5. The van der Waals surface area contributed by atoms with E-state index in [0.717, 1.165) is 67.3 Å². The van der Waals surface area contributed by atoms with Crippen molar-refractivity contribution in [2.45, 2.75) is 57.0 Å². The number of fused-ring (bicyclic) bond motifs is 2. The van der Waals surface area contributed by atoms with Gasteiger partial charge in [0.2, 0.25) is 0 Å². The lowest BCUT2D eigenvalue weighted by atomic mass is 9.91. The zero-order valence-electron chi connectivity index (χ0n) is 14.6. The van der Waals surface area contributed by atoms with Crippen molar-refractivity contribution in [3.05, 3.63) is 51.9 Å². The third-order valence-electron chi connectivity index (χ3n) is 5.65. The Morgan fingerprint density at radius 3 is 2.81 bits per heavy atom. The number of oxazole rings is 1. The summed E-state index contributed by atoms with van der Waals surface area (Å²) in [7, 11) is 0. The average molecular weight is 350 g/mol.